The normalized spacial score (nSPS) is 17.0. The van der Waals surface area contributed by atoms with Crippen LogP contribution in [0.1, 0.15) is 33.4 Å². The number of H-pyrrole nitrogens is 1. The van der Waals surface area contributed by atoms with Gasteiger partial charge in [0.15, 0.2) is 11.5 Å². The number of Topliss-reactive ketones (excluding diaryl/α,β-unsaturated/α-hetero) is 1. The molecule has 0 fully saturated rings. The molecule has 0 bridgehead atoms. The van der Waals surface area contributed by atoms with E-state index < -0.39 is 0 Å². The monoisotopic (exact) mass is 339 g/mol. The zero-order valence-electron chi connectivity index (χ0n) is 13.7. The third-order valence-electron chi connectivity index (χ3n) is 4.74. The number of quaternary nitrogens is 1. The van der Waals surface area contributed by atoms with E-state index in [0.717, 1.165) is 36.3 Å². The van der Waals surface area contributed by atoms with Gasteiger partial charge in [-0.3, -0.25) is 4.79 Å². The van der Waals surface area contributed by atoms with E-state index in [0.29, 0.717) is 10.6 Å². The zero-order valence-corrected chi connectivity index (χ0v) is 14.5. The van der Waals surface area contributed by atoms with E-state index in [1.807, 2.05) is 0 Å². The largest absolute Gasteiger partial charge is 0.397 e. The molecule has 0 saturated heterocycles. The van der Waals surface area contributed by atoms with E-state index in [1.165, 1.54) is 28.2 Å². The van der Waals surface area contributed by atoms with Crippen molar-refractivity contribution in [3.8, 4) is 0 Å². The van der Waals surface area contributed by atoms with Gasteiger partial charge in [-0.05, 0) is 6.07 Å². The van der Waals surface area contributed by atoms with Crippen molar-refractivity contribution in [1.29, 1.82) is 0 Å². The number of carbonyl (C=O) groups excluding carboxylic acids is 1. The third kappa shape index (κ3) is 2.70. The number of hydrogen-bond acceptors (Lipinski definition) is 3. The van der Waals surface area contributed by atoms with Crippen molar-refractivity contribution >= 4 is 33.0 Å². The molecule has 0 amide bonds. The molecule has 2 aromatic heterocycles. The number of aromatic nitrogens is 1. The summed E-state index contributed by atoms with van der Waals surface area (Å²) in [5.41, 5.74) is 10.8. The number of rotatable bonds is 3. The van der Waals surface area contributed by atoms with Gasteiger partial charge in [0.1, 0.15) is 13.1 Å². The van der Waals surface area contributed by atoms with Crippen LogP contribution in [0.25, 0.3) is 10.2 Å². The lowest BCUT2D eigenvalue weighted by Crippen LogP contribution is -3.10. The Kier molecular flexibility index (Phi) is 3.82. The Balaban J connectivity index is 1.65. The van der Waals surface area contributed by atoms with Crippen molar-refractivity contribution in [2.75, 3.05) is 12.3 Å². The number of hydrogen-bond donors (Lipinski definition) is 2. The topological polar surface area (TPSA) is 61.7 Å². The molecule has 0 spiro atoms. The molecule has 24 heavy (non-hydrogen) atoms. The Morgan fingerprint density at radius 3 is 2.88 bits per heavy atom. The number of benzene rings is 1. The molecule has 0 saturated carbocycles. The maximum Gasteiger partial charge on any atom is 0.270 e. The van der Waals surface area contributed by atoms with Crippen molar-refractivity contribution in [2.24, 2.45) is 0 Å². The predicted molar refractivity (Wildman–Crippen MR) is 96.2 cm³/mol. The third-order valence-corrected chi connectivity index (χ3v) is 5.98. The fourth-order valence-corrected chi connectivity index (χ4v) is 4.53. The molecular formula is C19H21N3OS+2. The first-order chi connectivity index (χ1) is 11.6. The van der Waals surface area contributed by atoms with Crippen LogP contribution in [0, 0.1) is 0 Å². The van der Waals surface area contributed by atoms with Crippen molar-refractivity contribution in [1.82, 2.24) is 0 Å². The second-order valence-electron chi connectivity index (χ2n) is 6.51. The van der Waals surface area contributed by atoms with E-state index in [-0.39, 0.29) is 5.78 Å². The van der Waals surface area contributed by atoms with Crippen LogP contribution in [0.5, 0.6) is 0 Å². The first kappa shape index (κ1) is 15.3. The van der Waals surface area contributed by atoms with Gasteiger partial charge in [-0.25, -0.2) is 0 Å². The van der Waals surface area contributed by atoms with Gasteiger partial charge in [-0.1, -0.05) is 41.7 Å². The lowest BCUT2D eigenvalue weighted by molar-refractivity contribution is -0.930. The second-order valence-corrected chi connectivity index (χ2v) is 7.53. The Morgan fingerprint density at radius 1 is 1.33 bits per heavy atom. The SMILES string of the molecule is CC(=O)c1sc2[nH+]c3c(cc2c1N)C[NH+](Cc1ccccc1)CC3. The molecule has 5 heteroatoms. The first-order valence-electron chi connectivity index (χ1n) is 8.26. The molecule has 4 N–H and O–H groups in total. The highest BCUT2D eigenvalue weighted by atomic mass is 32.1. The summed E-state index contributed by atoms with van der Waals surface area (Å²) in [5.74, 6) is 0.0383. The number of pyridine rings is 1. The summed E-state index contributed by atoms with van der Waals surface area (Å²) in [6.45, 7) is 4.72. The number of carbonyl (C=O) groups is 1. The molecule has 122 valence electrons. The summed E-state index contributed by atoms with van der Waals surface area (Å²) in [4.78, 5) is 18.5. The molecule has 3 heterocycles. The Morgan fingerprint density at radius 2 is 2.12 bits per heavy atom. The van der Waals surface area contributed by atoms with Gasteiger partial charge >= 0.3 is 0 Å². The number of nitrogens with two attached hydrogens (primary N) is 1. The van der Waals surface area contributed by atoms with E-state index in [4.69, 9.17) is 5.73 Å². The van der Waals surface area contributed by atoms with Crippen LogP contribution in [0.3, 0.4) is 0 Å². The van der Waals surface area contributed by atoms with Crippen LogP contribution in [-0.2, 0) is 19.5 Å². The van der Waals surface area contributed by atoms with Crippen molar-refractivity contribution in [3.05, 3.63) is 58.1 Å². The summed E-state index contributed by atoms with van der Waals surface area (Å²) in [6, 6.07) is 12.8. The lowest BCUT2D eigenvalue weighted by Gasteiger charge is -2.23. The molecule has 3 aromatic rings. The van der Waals surface area contributed by atoms with Crippen LogP contribution in [0.4, 0.5) is 5.69 Å². The predicted octanol–water partition coefficient (Wildman–Crippen LogP) is 1.64. The number of thiophene rings is 1. The fourth-order valence-electron chi connectivity index (χ4n) is 3.51. The second kappa shape index (κ2) is 6.00. The molecule has 0 aliphatic carbocycles. The van der Waals surface area contributed by atoms with Crippen LogP contribution in [-0.4, -0.2) is 12.3 Å². The minimum absolute atomic E-state index is 0.0383. The van der Waals surface area contributed by atoms with Crippen LogP contribution in [0.15, 0.2) is 36.4 Å². The molecular weight excluding hydrogens is 318 g/mol. The fraction of sp³-hybridized carbons (Fsp3) is 0.263. The number of nitrogen functional groups attached to an aromatic ring is 1. The number of ketones is 1. The Bertz CT molecular complexity index is 917. The Labute approximate surface area is 144 Å². The van der Waals surface area contributed by atoms with Crippen molar-refractivity contribution < 1.29 is 14.7 Å². The van der Waals surface area contributed by atoms with Crippen molar-refractivity contribution in [2.45, 2.75) is 26.4 Å². The molecule has 1 aromatic carbocycles. The molecule has 1 aliphatic rings. The quantitative estimate of drug-likeness (QED) is 0.713. The standard InChI is InChI=1S/C19H19N3OS/c1-12(23)18-17(20)15-9-14-11-22(10-13-5-3-2-4-6-13)8-7-16(14)21-19(15)24-18/h2-6,9H,7-8,10-11,20H2,1H3/p+2. The van der Waals surface area contributed by atoms with Crippen molar-refractivity contribution in [3.63, 3.8) is 0 Å². The van der Waals surface area contributed by atoms with Gasteiger partial charge in [0, 0.05) is 12.5 Å². The molecule has 1 atom stereocenters. The lowest BCUT2D eigenvalue weighted by atomic mass is 10.0. The average Bonchev–Trinajstić information content (AvgIpc) is 2.90. The first-order valence-corrected chi connectivity index (χ1v) is 9.08. The molecule has 4 rings (SSSR count). The van der Waals surface area contributed by atoms with Gasteiger partial charge in [0.2, 0.25) is 0 Å². The van der Waals surface area contributed by atoms with Gasteiger partial charge in [-0.15, -0.1) is 0 Å². The summed E-state index contributed by atoms with van der Waals surface area (Å²) < 4.78 is 0. The van der Waals surface area contributed by atoms with E-state index >= 15 is 0 Å². The average molecular weight is 339 g/mol. The summed E-state index contributed by atoms with van der Waals surface area (Å²) in [7, 11) is 0. The van der Waals surface area contributed by atoms with E-state index in [9.17, 15) is 4.79 Å². The zero-order chi connectivity index (χ0) is 16.7. The highest BCUT2D eigenvalue weighted by Gasteiger charge is 2.27. The van der Waals surface area contributed by atoms with Gasteiger partial charge in [0.25, 0.3) is 4.83 Å². The molecule has 0 radical (unpaired) electrons. The van der Waals surface area contributed by atoms with E-state index in [2.05, 4.69) is 41.4 Å². The smallest absolute Gasteiger partial charge is 0.270 e. The molecule has 1 aliphatic heterocycles. The summed E-state index contributed by atoms with van der Waals surface area (Å²) in [6.07, 6.45) is 1.03. The van der Waals surface area contributed by atoms with Gasteiger partial charge in [0.05, 0.1) is 34.5 Å². The van der Waals surface area contributed by atoms with Crippen LogP contribution >= 0.6 is 11.3 Å². The summed E-state index contributed by atoms with van der Waals surface area (Å²) in [5, 5.41) is 0.991. The van der Waals surface area contributed by atoms with Gasteiger partial charge in [-0.2, -0.15) is 4.98 Å². The minimum atomic E-state index is 0.0383. The highest BCUT2D eigenvalue weighted by molar-refractivity contribution is 7.20. The maximum absolute atomic E-state index is 11.7. The highest BCUT2D eigenvalue weighted by Crippen LogP contribution is 2.32. The molecule has 1 unspecified atom stereocenters. The maximum atomic E-state index is 11.7. The number of nitrogens with one attached hydrogen (secondary N) is 2. The van der Waals surface area contributed by atoms with Crippen LogP contribution < -0.4 is 15.6 Å². The van der Waals surface area contributed by atoms with E-state index in [1.54, 1.807) is 11.8 Å². The molecule has 4 nitrogen and oxygen atoms in total. The van der Waals surface area contributed by atoms with Crippen LogP contribution in [0.2, 0.25) is 0 Å². The summed E-state index contributed by atoms with van der Waals surface area (Å²) >= 11 is 1.47. The number of aromatic amines is 1. The Hall–Kier alpha value is -2.24. The minimum Gasteiger partial charge on any atom is -0.397 e. The number of fused-ring (bicyclic) bond motifs is 2. The van der Waals surface area contributed by atoms with Gasteiger partial charge < -0.3 is 10.6 Å². The number of anilines is 1.